The number of pyridine rings is 1. The van der Waals surface area contributed by atoms with Gasteiger partial charge in [0.1, 0.15) is 18.4 Å². The van der Waals surface area contributed by atoms with Crippen molar-refractivity contribution in [3.05, 3.63) is 59.9 Å². The minimum atomic E-state index is -0.0616. The summed E-state index contributed by atoms with van der Waals surface area (Å²) in [4.78, 5) is 12.2. The first-order valence-electron chi connectivity index (χ1n) is 12.6. The van der Waals surface area contributed by atoms with Crippen LogP contribution in [0.5, 0.6) is 5.75 Å². The molecule has 1 heterocycles. The number of hydrogen-bond acceptors (Lipinski definition) is 2. The third-order valence-electron chi connectivity index (χ3n) is 5.84. The van der Waals surface area contributed by atoms with Crippen molar-refractivity contribution >= 4 is 5.91 Å². The van der Waals surface area contributed by atoms with Gasteiger partial charge in [0.25, 0.3) is 5.91 Å². The molecule has 0 radical (unpaired) electrons. The molecular formula is C28H43IN2O2. The van der Waals surface area contributed by atoms with Crippen LogP contribution in [0, 0.1) is 0 Å². The highest BCUT2D eigenvalue weighted by Crippen LogP contribution is 2.14. The van der Waals surface area contributed by atoms with E-state index in [9.17, 15) is 4.79 Å². The predicted octanol–water partition coefficient (Wildman–Crippen LogP) is 3.53. The number of carbonyl (C=O) groups excluding carboxylic acids is 1. The maximum Gasteiger partial charge on any atom is 0.257 e. The number of ether oxygens (including phenoxy) is 1. The molecule has 0 bridgehead atoms. The topological polar surface area (TPSA) is 42.2 Å². The standard InChI is InChI=1S/C28H42N2O2.HI/c1-3-4-5-6-7-8-9-10-11-12-13-14-22-32-27-19-17-25(18-20-27)23-29-28(31)26-16-15-21-30(2)24-26;/h15-21,24H,3-14,22-23H2,1-2H3;1H. The van der Waals surface area contributed by atoms with Crippen molar-refractivity contribution in [1.82, 2.24) is 5.32 Å². The number of nitrogens with one attached hydrogen (secondary N) is 1. The molecule has 0 saturated heterocycles. The van der Waals surface area contributed by atoms with Gasteiger partial charge in [-0.3, -0.25) is 4.79 Å². The molecule has 184 valence electrons. The highest BCUT2D eigenvalue weighted by molar-refractivity contribution is 5.93. The van der Waals surface area contributed by atoms with Crippen LogP contribution < -0.4 is 38.6 Å². The summed E-state index contributed by atoms with van der Waals surface area (Å²) in [5.41, 5.74) is 1.73. The van der Waals surface area contributed by atoms with Crippen LogP contribution in [0.25, 0.3) is 0 Å². The zero-order valence-corrected chi connectivity index (χ0v) is 22.8. The molecule has 2 rings (SSSR count). The molecule has 2 aromatic rings. The van der Waals surface area contributed by atoms with E-state index < -0.39 is 0 Å². The van der Waals surface area contributed by atoms with E-state index >= 15 is 0 Å². The lowest BCUT2D eigenvalue weighted by atomic mass is 10.1. The Kier molecular flexibility index (Phi) is 16.7. The first-order chi connectivity index (χ1) is 15.7. The Hall–Kier alpha value is -1.63. The van der Waals surface area contributed by atoms with Crippen LogP contribution in [0.15, 0.2) is 48.8 Å². The lowest BCUT2D eigenvalue weighted by molar-refractivity contribution is -0.671. The molecule has 1 aromatic heterocycles. The Morgan fingerprint density at radius 2 is 1.42 bits per heavy atom. The minimum absolute atomic E-state index is 0. The normalized spacial score (nSPS) is 10.5. The predicted molar refractivity (Wildman–Crippen MR) is 132 cm³/mol. The Morgan fingerprint density at radius 1 is 0.848 bits per heavy atom. The van der Waals surface area contributed by atoms with Crippen molar-refractivity contribution in [3.63, 3.8) is 0 Å². The summed E-state index contributed by atoms with van der Waals surface area (Å²) >= 11 is 0. The summed E-state index contributed by atoms with van der Waals surface area (Å²) in [7, 11) is 1.91. The van der Waals surface area contributed by atoms with Crippen molar-refractivity contribution in [2.45, 2.75) is 90.5 Å². The van der Waals surface area contributed by atoms with Crippen molar-refractivity contribution in [3.8, 4) is 5.75 Å². The molecule has 1 amide bonds. The van der Waals surface area contributed by atoms with E-state index in [0.29, 0.717) is 12.1 Å². The lowest BCUT2D eigenvalue weighted by Crippen LogP contribution is -3.00. The van der Waals surface area contributed by atoms with Gasteiger partial charge in [0, 0.05) is 12.6 Å². The second-order valence-electron chi connectivity index (χ2n) is 8.82. The van der Waals surface area contributed by atoms with Crippen LogP contribution in [0.4, 0.5) is 0 Å². The molecule has 0 aliphatic carbocycles. The van der Waals surface area contributed by atoms with E-state index in [4.69, 9.17) is 4.74 Å². The quantitative estimate of drug-likeness (QED) is 0.181. The molecule has 0 aliphatic rings. The maximum atomic E-state index is 12.2. The number of aryl methyl sites for hydroxylation is 1. The van der Waals surface area contributed by atoms with Gasteiger partial charge in [-0.05, 0) is 30.2 Å². The molecule has 5 heteroatoms. The van der Waals surface area contributed by atoms with E-state index in [1.54, 1.807) is 0 Å². The van der Waals surface area contributed by atoms with Crippen molar-refractivity contribution in [2.75, 3.05) is 6.61 Å². The lowest BCUT2D eigenvalue weighted by Gasteiger charge is -2.08. The Morgan fingerprint density at radius 3 is 2.00 bits per heavy atom. The van der Waals surface area contributed by atoms with E-state index in [1.165, 1.54) is 70.6 Å². The van der Waals surface area contributed by atoms with Crippen LogP contribution in [-0.4, -0.2) is 12.5 Å². The fourth-order valence-electron chi connectivity index (χ4n) is 3.84. The Bertz CT molecular complexity index is 765. The molecule has 1 N–H and O–H groups in total. The SMILES string of the molecule is CCCCCCCCCCCCCCOc1ccc(CNC(=O)c2ccc[n+](C)c2)cc1.[I-]. The van der Waals surface area contributed by atoms with Gasteiger partial charge in [-0.25, -0.2) is 4.57 Å². The van der Waals surface area contributed by atoms with E-state index in [0.717, 1.165) is 24.3 Å². The van der Waals surface area contributed by atoms with E-state index in [1.807, 2.05) is 60.4 Å². The van der Waals surface area contributed by atoms with Gasteiger partial charge in [0.05, 0.1) is 6.61 Å². The van der Waals surface area contributed by atoms with E-state index in [2.05, 4.69) is 12.2 Å². The van der Waals surface area contributed by atoms with Gasteiger partial charge in [-0.2, -0.15) is 0 Å². The van der Waals surface area contributed by atoms with Gasteiger partial charge in [0.2, 0.25) is 0 Å². The highest BCUT2D eigenvalue weighted by atomic mass is 127. The number of amides is 1. The van der Waals surface area contributed by atoms with Gasteiger partial charge in [-0.1, -0.05) is 89.7 Å². The molecule has 33 heavy (non-hydrogen) atoms. The first kappa shape index (κ1) is 29.4. The first-order valence-corrected chi connectivity index (χ1v) is 12.6. The summed E-state index contributed by atoms with van der Waals surface area (Å²) in [6, 6.07) is 11.7. The van der Waals surface area contributed by atoms with Gasteiger partial charge >= 0.3 is 0 Å². The van der Waals surface area contributed by atoms with Gasteiger partial charge in [-0.15, -0.1) is 0 Å². The largest absolute Gasteiger partial charge is 1.00 e. The number of carbonyl (C=O) groups is 1. The zero-order valence-electron chi connectivity index (χ0n) is 20.7. The number of halogens is 1. The summed E-state index contributed by atoms with van der Waals surface area (Å²) < 4.78 is 7.74. The molecule has 4 nitrogen and oxygen atoms in total. The molecule has 0 spiro atoms. The van der Waals surface area contributed by atoms with Crippen LogP contribution >= 0.6 is 0 Å². The second-order valence-corrected chi connectivity index (χ2v) is 8.82. The zero-order chi connectivity index (χ0) is 22.9. The molecule has 0 atom stereocenters. The van der Waals surface area contributed by atoms with E-state index in [-0.39, 0.29) is 29.9 Å². The molecular weight excluding hydrogens is 523 g/mol. The molecule has 0 unspecified atom stereocenters. The molecule has 0 fully saturated rings. The Balaban J connectivity index is 0.00000544. The number of unbranched alkanes of at least 4 members (excludes halogenated alkanes) is 11. The number of aromatic nitrogens is 1. The van der Waals surface area contributed by atoms with Crippen molar-refractivity contribution in [1.29, 1.82) is 0 Å². The maximum absolute atomic E-state index is 12.2. The second kappa shape index (κ2) is 18.8. The summed E-state index contributed by atoms with van der Waals surface area (Å²) in [5, 5.41) is 2.96. The summed E-state index contributed by atoms with van der Waals surface area (Å²) in [6.07, 6.45) is 20.0. The van der Waals surface area contributed by atoms with Crippen molar-refractivity contribution in [2.24, 2.45) is 7.05 Å². The molecule has 1 aromatic carbocycles. The smallest absolute Gasteiger partial charge is 0.257 e. The number of rotatable bonds is 17. The number of hydrogen-bond donors (Lipinski definition) is 1. The van der Waals surface area contributed by atoms with Crippen LogP contribution in [0.3, 0.4) is 0 Å². The van der Waals surface area contributed by atoms with Crippen molar-refractivity contribution < 1.29 is 38.1 Å². The highest BCUT2D eigenvalue weighted by Gasteiger charge is 2.08. The Labute approximate surface area is 218 Å². The van der Waals surface area contributed by atoms with Crippen LogP contribution in [0.2, 0.25) is 0 Å². The van der Waals surface area contributed by atoms with Crippen LogP contribution in [0.1, 0.15) is 99.9 Å². The number of nitrogens with zero attached hydrogens (tertiary/aromatic N) is 1. The average molecular weight is 567 g/mol. The van der Waals surface area contributed by atoms with Gasteiger partial charge < -0.3 is 34.0 Å². The fraction of sp³-hybridized carbons (Fsp3) is 0.571. The van der Waals surface area contributed by atoms with Gasteiger partial charge in [0.15, 0.2) is 12.4 Å². The number of benzene rings is 1. The summed E-state index contributed by atoms with van der Waals surface area (Å²) in [6.45, 7) is 3.56. The molecule has 0 aliphatic heterocycles. The monoisotopic (exact) mass is 566 g/mol. The third kappa shape index (κ3) is 13.6. The summed E-state index contributed by atoms with van der Waals surface area (Å²) in [5.74, 6) is 0.840. The van der Waals surface area contributed by atoms with Crippen LogP contribution in [-0.2, 0) is 13.6 Å². The minimum Gasteiger partial charge on any atom is -1.00 e. The molecule has 0 saturated carbocycles. The average Bonchev–Trinajstić information content (AvgIpc) is 2.81. The third-order valence-corrected chi connectivity index (χ3v) is 5.84. The fourth-order valence-corrected chi connectivity index (χ4v) is 3.84.